The molecule has 49 heavy (non-hydrogen) atoms. The fourth-order valence-electron chi connectivity index (χ4n) is 4.73. The molecule has 0 radical (unpaired) electrons. The van der Waals surface area contributed by atoms with Crippen LogP contribution in [0.4, 0.5) is 14.5 Å². The third-order valence-electron chi connectivity index (χ3n) is 7.89. The molecule has 3 aromatic rings. The van der Waals surface area contributed by atoms with Crippen molar-refractivity contribution in [3.05, 3.63) is 80.7 Å². The zero-order valence-electron chi connectivity index (χ0n) is 26.9. The van der Waals surface area contributed by atoms with E-state index in [9.17, 15) is 27.2 Å². The van der Waals surface area contributed by atoms with Crippen LogP contribution in [-0.2, 0) is 21.2 Å². The third-order valence-corrected chi connectivity index (χ3v) is 9.79. The van der Waals surface area contributed by atoms with Gasteiger partial charge < -0.3 is 29.1 Å². The Morgan fingerprint density at radius 2 is 1.61 bits per heavy atom. The van der Waals surface area contributed by atoms with Crippen LogP contribution in [0.2, 0.25) is 10.0 Å². The lowest BCUT2D eigenvalue weighted by Crippen LogP contribution is -2.26. The van der Waals surface area contributed by atoms with Crippen molar-refractivity contribution in [3.63, 3.8) is 0 Å². The molecule has 2 aliphatic carbocycles. The number of esters is 1. The maximum atomic E-state index is 13.7. The van der Waals surface area contributed by atoms with Crippen molar-refractivity contribution >= 4 is 44.9 Å². The number of alkyl halides is 2. The summed E-state index contributed by atoms with van der Waals surface area (Å²) in [4.78, 5) is 15.5. The number of anilines is 1. The van der Waals surface area contributed by atoms with E-state index in [1.54, 1.807) is 19.0 Å². The number of rotatable bonds is 18. The third kappa shape index (κ3) is 10.9. The molecule has 0 bridgehead atoms. The van der Waals surface area contributed by atoms with Gasteiger partial charge in [-0.2, -0.15) is 13.5 Å². The number of nitrogens with one attached hydrogen (secondary N) is 1. The summed E-state index contributed by atoms with van der Waals surface area (Å²) in [6.07, 6.45) is 4.89. The molecule has 1 N–H and O–H groups in total. The van der Waals surface area contributed by atoms with E-state index in [4.69, 9.17) is 37.4 Å². The summed E-state index contributed by atoms with van der Waals surface area (Å²) in [7, 11) is -0.208. The van der Waals surface area contributed by atoms with Crippen LogP contribution in [0.15, 0.2) is 48.8 Å². The Bertz CT molecular complexity index is 1730. The maximum absolute atomic E-state index is 13.7. The molecule has 2 fully saturated rings. The van der Waals surface area contributed by atoms with Gasteiger partial charge in [-0.1, -0.05) is 29.3 Å². The SMILES string of the molecule is CN(C)CCS(=O)(=O)Nc1ccc(C(=O)OC(Cc2c(Cl)c[n+]([O-])cc2Cl)c2ccc(OC(F)F)c(OCC3CC3)c2)cc1OCC1CC1. The second kappa shape index (κ2) is 16.0. The molecular weight excluding hydrogens is 707 g/mol. The standard InChI is InChI=1S/C33H37Cl2F2N3O8S/c1-39(2)11-12-49(43,44)38-27-9-7-23(14-30(27)45-18-20-3-4-20)32(41)47-29(15-24-25(34)16-40(42)17-26(24)35)22-8-10-28(48-33(36)37)31(13-22)46-19-21-5-6-21/h7-10,13-14,16-17,20-21,29,33,38H,3-6,11-12,15,18-19H2,1-2H3. The summed E-state index contributed by atoms with van der Waals surface area (Å²) < 4.78 is 77.4. The van der Waals surface area contributed by atoms with Gasteiger partial charge in [-0.15, -0.1) is 0 Å². The lowest BCUT2D eigenvalue weighted by atomic mass is 10.0. The minimum Gasteiger partial charge on any atom is -0.619 e. The molecule has 1 heterocycles. The van der Waals surface area contributed by atoms with Crippen molar-refractivity contribution in [2.45, 2.75) is 44.8 Å². The monoisotopic (exact) mass is 743 g/mol. The van der Waals surface area contributed by atoms with Crippen LogP contribution in [-0.4, -0.2) is 65.5 Å². The number of benzene rings is 2. The molecule has 2 aromatic carbocycles. The van der Waals surface area contributed by atoms with Crippen molar-refractivity contribution in [3.8, 4) is 17.2 Å². The van der Waals surface area contributed by atoms with Crippen LogP contribution >= 0.6 is 23.2 Å². The first-order valence-electron chi connectivity index (χ1n) is 15.7. The van der Waals surface area contributed by atoms with Gasteiger partial charge >= 0.3 is 12.6 Å². The van der Waals surface area contributed by atoms with E-state index < -0.39 is 28.7 Å². The van der Waals surface area contributed by atoms with Crippen LogP contribution < -0.4 is 23.7 Å². The largest absolute Gasteiger partial charge is 0.619 e. The smallest absolute Gasteiger partial charge is 0.387 e. The molecular formula is C33H37Cl2F2N3O8S. The first kappa shape index (κ1) is 36.7. The summed E-state index contributed by atoms with van der Waals surface area (Å²) in [6.45, 7) is -2.16. The number of pyridine rings is 1. The molecule has 1 aromatic heterocycles. The Kier molecular flexibility index (Phi) is 11.9. The number of ether oxygens (including phenoxy) is 4. The molecule has 2 saturated carbocycles. The van der Waals surface area contributed by atoms with Crippen molar-refractivity contribution in [2.24, 2.45) is 11.8 Å². The first-order chi connectivity index (χ1) is 23.3. The van der Waals surface area contributed by atoms with Crippen LogP contribution in [0.3, 0.4) is 0 Å². The van der Waals surface area contributed by atoms with Gasteiger partial charge in [-0.05, 0) is 87.5 Å². The fourth-order valence-corrected chi connectivity index (χ4v) is 6.54. The Balaban J connectivity index is 1.46. The zero-order valence-corrected chi connectivity index (χ0v) is 29.2. The van der Waals surface area contributed by atoms with E-state index in [-0.39, 0.29) is 50.7 Å². The Morgan fingerprint density at radius 3 is 2.20 bits per heavy atom. The molecule has 5 rings (SSSR count). The van der Waals surface area contributed by atoms with Crippen molar-refractivity contribution in [1.82, 2.24) is 4.90 Å². The number of hydrogen-bond donors (Lipinski definition) is 1. The highest BCUT2D eigenvalue weighted by molar-refractivity contribution is 7.92. The second-order valence-corrected chi connectivity index (χ2v) is 15.1. The quantitative estimate of drug-likeness (QED) is 0.0913. The van der Waals surface area contributed by atoms with Gasteiger partial charge in [0.2, 0.25) is 10.0 Å². The zero-order chi connectivity index (χ0) is 35.3. The summed E-state index contributed by atoms with van der Waals surface area (Å²) in [5.74, 6) is -0.320. The van der Waals surface area contributed by atoms with Crippen LogP contribution in [0.5, 0.6) is 17.2 Å². The number of carbonyl (C=O) groups is 1. The predicted molar refractivity (Wildman–Crippen MR) is 179 cm³/mol. The molecule has 2 aliphatic rings. The predicted octanol–water partition coefficient (Wildman–Crippen LogP) is 6.25. The van der Waals surface area contributed by atoms with Crippen molar-refractivity contribution < 1.29 is 45.7 Å². The molecule has 0 aliphatic heterocycles. The molecule has 0 saturated heterocycles. The topological polar surface area (TPSA) is 130 Å². The van der Waals surface area contributed by atoms with E-state index in [2.05, 4.69) is 9.46 Å². The minimum absolute atomic E-state index is 0.0214. The highest BCUT2D eigenvalue weighted by atomic mass is 35.5. The molecule has 16 heteroatoms. The number of hydrogen-bond acceptors (Lipinski definition) is 9. The van der Waals surface area contributed by atoms with Crippen LogP contribution in [0.25, 0.3) is 0 Å². The Labute approximate surface area is 293 Å². The van der Waals surface area contributed by atoms with E-state index in [1.807, 2.05) is 0 Å². The first-order valence-corrected chi connectivity index (χ1v) is 18.1. The van der Waals surface area contributed by atoms with Gasteiger partial charge in [-0.3, -0.25) is 4.72 Å². The number of nitrogens with zero attached hydrogens (tertiary/aromatic N) is 2. The van der Waals surface area contributed by atoms with E-state index in [0.29, 0.717) is 47.5 Å². The Hall–Kier alpha value is -3.59. The van der Waals surface area contributed by atoms with Gasteiger partial charge in [0, 0.05) is 18.5 Å². The van der Waals surface area contributed by atoms with Gasteiger partial charge in [0.05, 0.1) is 30.2 Å². The highest BCUT2D eigenvalue weighted by Gasteiger charge is 2.28. The number of carbonyl (C=O) groups excluding carboxylic acids is 1. The normalized spacial score (nSPS) is 15.3. The second-order valence-electron chi connectivity index (χ2n) is 12.4. The molecule has 1 atom stereocenters. The van der Waals surface area contributed by atoms with Crippen LogP contribution in [0, 0.1) is 17.0 Å². The fraction of sp³-hybridized carbons (Fsp3) is 0.455. The van der Waals surface area contributed by atoms with E-state index in [0.717, 1.165) is 38.1 Å². The van der Waals surface area contributed by atoms with Gasteiger partial charge in [0.15, 0.2) is 23.9 Å². The molecule has 0 spiro atoms. The van der Waals surface area contributed by atoms with Crippen molar-refractivity contribution in [2.75, 3.05) is 44.3 Å². The van der Waals surface area contributed by atoms with Crippen LogP contribution in [0.1, 0.15) is 53.3 Å². The summed E-state index contributed by atoms with van der Waals surface area (Å²) in [6, 6.07) is 8.43. The average Bonchev–Trinajstić information content (AvgIpc) is 3.96. The van der Waals surface area contributed by atoms with Gasteiger partial charge in [0.1, 0.15) is 21.9 Å². The van der Waals surface area contributed by atoms with Gasteiger partial charge in [-0.25, -0.2) is 13.2 Å². The Morgan fingerprint density at radius 1 is 0.980 bits per heavy atom. The molecule has 0 amide bonds. The molecule has 266 valence electrons. The lowest BCUT2D eigenvalue weighted by molar-refractivity contribution is -0.605. The lowest BCUT2D eigenvalue weighted by Gasteiger charge is -2.22. The van der Waals surface area contributed by atoms with E-state index in [1.165, 1.54) is 36.4 Å². The molecule has 11 nitrogen and oxygen atoms in total. The van der Waals surface area contributed by atoms with E-state index >= 15 is 0 Å². The maximum Gasteiger partial charge on any atom is 0.387 e. The highest BCUT2D eigenvalue weighted by Crippen LogP contribution is 2.39. The number of halogens is 4. The van der Waals surface area contributed by atoms with Crippen molar-refractivity contribution in [1.29, 1.82) is 0 Å². The summed E-state index contributed by atoms with van der Waals surface area (Å²) >= 11 is 12.7. The summed E-state index contributed by atoms with van der Waals surface area (Å²) in [5, 5.41) is 12.0. The molecule has 1 unspecified atom stereocenters. The summed E-state index contributed by atoms with van der Waals surface area (Å²) in [5.41, 5.74) is 0.880. The average molecular weight is 745 g/mol. The number of sulfonamides is 1. The minimum atomic E-state index is -3.74. The number of aromatic nitrogens is 1. The van der Waals surface area contributed by atoms with Gasteiger partial charge in [0.25, 0.3) is 0 Å².